The van der Waals surface area contributed by atoms with E-state index in [1.807, 2.05) is 19.1 Å². The van der Waals surface area contributed by atoms with Crippen molar-refractivity contribution in [3.8, 4) is 23.3 Å². The van der Waals surface area contributed by atoms with Crippen molar-refractivity contribution in [2.45, 2.75) is 19.9 Å². The fourth-order valence-electron chi connectivity index (χ4n) is 1.32. The molecule has 0 bridgehead atoms. The zero-order valence-corrected chi connectivity index (χ0v) is 9.71. The highest BCUT2D eigenvalue weighted by Crippen LogP contribution is 2.22. The third-order valence-corrected chi connectivity index (χ3v) is 2.21. The van der Waals surface area contributed by atoms with Crippen LogP contribution < -0.4 is 10.1 Å². The van der Waals surface area contributed by atoms with E-state index < -0.39 is 0 Å². The molecule has 0 fully saturated rings. The molecule has 3 nitrogen and oxygen atoms in total. The smallest absolute Gasteiger partial charge is 0.123 e. The molecule has 0 amide bonds. The molecule has 0 aliphatic rings. The van der Waals surface area contributed by atoms with Gasteiger partial charge in [0.15, 0.2) is 0 Å². The van der Waals surface area contributed by atoms with Crippen LogP contribution in [0.25, 0.3) is 0 Å². The molecular formula is C13H17NO2. The van der Waals surface area contributed by atoms with Gasteiger partial charge in [-0.3, -0.25) is 0 Å². The summed E-state index contributed by atoms with van der Waals surface area (Å²) in [5, 5.41) is 12.9. The number of phenolic OH excluding ortho intramolecular Hbond substituents is 1. The Hall–Kier alpha value is -1.66. The first kappa shape index (κ1) is 12.4. The summed E-state index contributed by atoms with van der Waals surface area (Å²) in [7, 11) is 1.58. The third kappa shape index (κ3) is 3.84. The van der Waals surface area contributed by atoms with Gasteiger partial charge in [-0.15, -0.1) is 11.8 Å². The average Bonchev–Trinajstić information content (AvgIpc) is 2.30. The Kier molecular flexibility index (Phi) is 5.24. The van der Waals surface area contributed by atoms with Crippen LogP contribution in [0, 0.1) is 11.8 Å². The normalized spacial score (nSPS) is 9.38. The lowest BCUT2D eigenvalue weighted by molar-refractivity contribution is 0.406. The molecule has 16 heavy (non-hydrogen) atoms. The van der Waals surface area contributed by atoms with Gasteiger partial charge < -0.3 is 15.2 Å². The minimum Gasteiger partial charge on any atom is -0.507 e. The van der Waals surface area contributed by atoms with Crippen molar-refractivity contribution in [3.05, 3.63) is 23.8 Å². The number of ether oxygens (including phenoxy) is 1. The SMILES string of the molecule is CC#CCCNCc1ccc(OC)cc1O. The number of hydrogen-bond acceptors (Lipinski definition) is 3. The molecule has 0 heterocycles. The summed E-state index contributed by atoms with van der Waals surface area (Å²) in [6, 6.07) is 5.30. The van der Waals surface area contributed by atoms with E-state index >= 15 is 0 Å². The number of aromatic hydroxyl groups is 1. The number of rotatable bonds is 5. The third-order valence-electron chi connectivity index (χ3n) is 2.21. The highest BCUT2D eigenvalue weighted by molar-refractivity contribution is 5.39. The van der Waals surface area contributed by atoms with Crippen molar-refractivity contribution in [2.24, 2.45) is 0 Å². The quantitative estimate of drug-likeness (QED) is 0.587. The van der Waals surface area contributed by atoms with Gasteiger partial charge in [0.25, 0.3) is 0 Å². The average molecular weight is 219 g/mol. The maximum atomic E-state index is 9.68. The Morgan fingerprint density at radius 2 is 2.25 bits per heavy atom. The Morgan fingerprint density at radius 1 is 1.44 bits per heavy atom. The molecule has 86 valence electrons. The molecule has 1 aromatic carbocycles. The van der Waals surface area contributed by atoms with Gasteiger partial charge >= 0.3 is 0 Å². The van der Waals surface area contributed by atoms with Crippen molar-refractivity contribution >= 4 is 0 Å². The molecule has 0 saturated heterocycles. The minimum absolute atomic E-state index is 0.258. The zero-order valence-electron chi connectivity index (χ0n) is 9.71. The molecule has 0 aromatic heterocycles. The van der Waals surface area contributed by atoms with E-state index in [9.17, 15) is 5.11 Å². The van der Waals surface area contributed by atoms with Gasteiger partial charge in [-0.1, -0.05) is 6.07 Å². The molecule has 0 atom stereocenters. The Balaban J connectivity index is 2.44. The van der Waals surface area contributed by atoms with Crippen LogP contribution in [-0.2, 0) is 6.54 Å². The highest BCUT2D eigenvalue weighted by atomic mass is 16.5. The second-order valence-electron chi connectivity index (χ2n) is 3.35. The van der Waals surface area contributed by atoms with Crippen molar-refractivity contribution in [1.29, 1.82) is 0 Å². The number of benzene rings is 1. The van der Waals surface area contributed by atoms with E-state index in [2.05, 4.69) is 17.2 Å². The van der Waals surface area contributed by atoms with Crippen molar-refractivity contribution < 1.29 is 9.84 Å². The molecule has 0 aliphatic carbocycles. The standard InChI is InChI=1S/C13H17NO2/c1-3-4-5-8-14-10-11-6-7-12(16-2)9-13(11)15/h6-7,9,14-15H,5,8,10H2,1-2H3. The topological polar surface area (TPSA) is 41.5 Å². The first-order chi connectivity index (χ1) is 7.77. The molecule has 0 unspecified atom stereocenters. The van der Waals surface area contributed by atoms with Gasteiger partial charge in [-0.05, 0) is 13.0 Å². The summed E-state index contributed by atoms with van der Waals surface area (Å²) in [4.78, 5) is 0. The van der Waals surface area contributed by atoms with Crippen molar-refractivity contribution in [3.63, 3.8) is 0 Å². The summed E-state index contributed by atoms with van der Waals surface area (Å²) in [5.74, 6) is 6.73. The van der Waals surface area contributed by atoms with Crippen molar-refractivity contribution in [2.75, 3.05) is 13.7 Å². The summed E-state index contributed by atoms with van der Waals surface area (Å²) >= 11 is 0. The lowest BCUT2D eigenvalue weighted by Gasteiger charge is -2.07. The van der Waals surface area contributed by atoms with E-state index in [-0.39, 0.29) is 5.75 Å². The second kappa shape index (κ2) is 6.76. The maximum Gasteiger partial charge on any atom is 0.123 e. The summed E-state index contributed by atoms with van der Waals surface area (Å²) < 4.78 is 5.01. The predicted octanol–water partition coefficient (Wildman–Crippen LogP) is 1.90. The summed E-state index contributed by atoms with van der Waals surface area (Å²) in [5.41, 5.74) is 0.866. The molecular weight excluding hydrogens is 202 g/mol. The van der Waals surface area contributed by atoms with Crippen LogP contribution in [0.5, 0.6) is 11.5 Å². The van der Waals surface area contributed by atoms with Gasteiger partial charge in [-0.2, -0.15) is 0 Å². The first-order valence-corrected chi connectivity index (χ1v) is 5.24. The molecule has 2 N–H and O–H groups in total. The molecule has 0 aliphatic heterocycles. The van der Waals surface area contributed by atoms with Crippen LogP contribution >= 0.6 is 0 Å². The number of phenols is 1. The molecule has 3 heteroatoms. The summed E-state index contributed by atoms with van der Waals surface area (Å²) in [6.45, 7) is 3.29. The molecule has 0 spiro atoms. The van der Waals surface area contributed by atoms with Crippen LogP contribution in [0.2, 0.25) is 0 Å². The van der Waals surface area contributed by atoms with E-state index in [0.29, 0.717) is 12.3 Å². The van der Waals surface area contributed by atoms with Crippen LogP contribution in [0.4, 0.5) is 0 Å². The van der Waals surface area contributed by atoms with Gasteiger partial charge in [-0.25, -0.2) is 0 Å². The van der Waals surface area contributed by atoms with Gasteiger partial charge in [0, 0.05) is 31.1 Å². The van der Waals surface area contributed by atoms with E-state index in [0.717, 1.165) is 18.5 Å². The monoisotopic (exact) mass is 219 g/mol. The lowest BCUT2D eigenvalue weighted by atomic mass is 10.2. The number of methoxy groups -OCH3 is 1. The minimum atomic E-state index is 0.258. The summed E-state index contributed by atoms with van der Waals surface area (Å²) in [6.07, 6.45) is 0.827. The molecule has 1 rings (SSSR count). The first-order valence-electron chi connectivity index (χ1n) is 5.24. The van der Waals surface area contributed by atoms with E-state index in [4.69, 9.17) is 4.74 Å². The largest absolute Gasteiger partial charge is 0.507 e. The molecule has 1 aromatic rings. The lowest BCUT2D eigenvalue weighted by Crippen LogP contribution is -2.14. The predicted molar refractivity (Wildman–Crippen MR) is 64.4 cm³/mol. The van der Waals surface area contributed by atoms with Crippen LogP contribution in [0.15, 0.2) is 18.2 Å². The number of nitrogens with one attached hydrogen (secondary N) is 1. The highest BCUT2D eigenvalue weighted by Gasteiger charge is 2.01. The van der Waals surface area contributed by atoms with Crippen LogP contribution in [-0.4, -0.2) is 18.8 Å². The van der Waals surface area contributed by atoms with Crippen molar-refractivity contribution in [1.82, 2.24) is 5.32 Å². The van der Waals surface area contributed by atoms with E-state index in [1.54, 1.807) is 13.2 Å². The fourth-order valence-corrected chi connectivity index (χ4v) is 1.32. The van der Waals surface area contributed by atoms with Gasteiger partial charge in [0.1, 0.15) is 11.5 Å². The molecule has 0 saturated carbocycles. The maximum absolute atomic E-state index is 9.68. The van der Waals surface area contributed by atoms with E-state index in [1.165, 1.54) is 0 Å². The van der Waals surface area contributed by atoms with Gasteiger partial charge in [0.05, 0.1) is 7.11 Å². The molecule has 0 radical (unpaired) electrons. The van der Waals surface area contributed by atoms with Crippen LogP contribution in [0.3, 0.4) is 0 Å². The zero-order chi connectivity index (χ0) is 11.8. The Morgan fingerprint density at radius 3 is 2.88 bits per heavy atom. The Labute approximate surface area is 96.4 Å². The van der Waals surface area contributed by atoms with Gasteiger partial charge in [0.2, 0.25) is 0 Å². The second-order valence-corrected chi connectivity index (χ2v) is 3.35. The fraction of sp³-hybridized carbons (Fsp3) is 0.385. The number of hydrogen-bond donors (Lipinski definition) is 2. The Bertz CT molecular complexity index is 391. The van der Waals surface area contributed by atoms with Crippen LogP contribution in [0.1, 0.15) is 18.9 Å².